The molecule has 0 aliphatic carbocycles. The summed E-state index contributed by atoms with van der Waals surface area (Å²) in [6, 6.07) is 0. The summed E-state index contributed by atoms with van der Waals surface area (Å²) in [6.07, 6.45) is 2.47. The minimum Gasteiger partial charge on any atom is -0.381 e. The summed E-state index contributed by atoms with van der Waals surface area (Å²) in [5, 5.41) is 3.61. The normalized spacial score (nSPS) is 21.6. The topological polar surface area (TPSA) is 21.3 Å². The number of nitrogens with one attached hydrogen (secondary N) is 1. The molecule has 1 saturated heterocycles. The lowest BCUT2D eigenvalue weighted by Gasteiger charge is -2.29. The lowest BCUT2D eigenvalue weighted by molar-refractivity contribution is 0.0656. The van der Waals surface area contributed by atoms with Crippen molar-refractivity contribution in [3.05, 3.63) is 0 Å². The first-order chi connectivity index (χ1) is 7.00. The van der Waals surface area contributed by atoms with Crippen molar-refractivity contribution in [3.63, 3.8) is 0 Å². The molecule has 1 aliphatic heterocycles. The first-order valence-electron chi connectivity index (χ1n) is 6.28. The van der Waals surface area contributed by atoms with Crippen molar-refractivity contribution in [2.24, 2.45) is 17.3 Å². The Balaban J connectivity index is 2.10. The lowest BCUT2D eigenvalue weighted by Crippen LogP contribution is -2.34. The maximum absolute atomic E-state index is 5.35. The molecule has 0 radical (unpaired) electrons. The summed E-state index contributed by atoms with van der Waals surface area (Å²) in [5.41, 5.74) is 0.419. The standard InChI is InChI=1S/C13H27NO/c1-11(13(2,3)4)9-14-10-12-5-7-15-8-6-12/h11-12,14H,5-10H2,1-4H3. The van der Waals surface area contributed by atoms with Gasteiger partial charge >= 0.3 is 0 Å². The van der Waals surface area contributed by atoms with Crippen LogP contribution >= 0.6 is 0 Å². The molecule has 0 bridgehead atoms. The van der Waals surface area contributed by atoms with Gasteiger partial charge in [0.2, 0.25) is 0 Å². The molecule has 15 heavy (non-hydrogen) atoms. The van der Waals surface area contributed by atoms with Gasteiger partial charge in [0.05, 0.1) is 0 Å². The molecule has 2 heteroatoms. The maximum Gasteiger partial charge on any atom is 0.0469 e. The highest BCUT2D eigenvalue weighted by Crippen LogP contribution is 2.24. The van der Waals surface area contributed by atoms with Gasteiger partial charge in [-0.15, -0.1) is 0 Å². The Kier molecular flexibility index (Phi) is 5.07. The van der Waals surface area contributed by atoms with Gasteiger partial charge in [0.1, 0.15) is 0 Å². The first-order valence-corrected chi connectivity index (χ1v) is 6.28. The maximum atomic E-state index is 5.35. The average Bonchev–Trinajstić information content (AvgIpc) is 2.18. The molecule has 1 unspecified atom stereocenters. The SMILES string of the molecule is CC(CNCC1CCOCC1)C(C)(C)C. The molecule has 0 amide bonds. The molecule has 0 spiro atoms. The molecule has 1 heterocycles. The van der Waals surface area contributed by atoms with Gasteiger partial charge in [-0.05, 0) is 43.2 Å². The third kappa shape index (κ3) is 4.98. The highest BCUT2D eigenvalue weighted by Gasteiger charge is 2.20. The van der Waals surface area contributed by atoms with Crippen molar-refractivity contribution in [2.75, 3.05) is 26.3 Å². The second-order valence-electron chi connectivity index (χ2n) is 5.98. The van der Waals surface area contributed by atoms with Crippen LogP contribution in [0.2, 0.25) is 0 Å². The van der Waals surface area contributed by atoms with E-state index < -0.39 is 0 Å². The third-order valence-corrected chi connectivity index (χ3v) is 3.70. The van der Waals surface area contributed by atoms with Gasteiger partial charge < -0.3 is 10.1 Å². The minimum absolute atomic E-state index is 0.419. The Labute approximate surface area is 94.8 Å². The predicted octanol–water partition coefficient (Wildman–Crippen LogP) is 2.68. The molecule has 0 aromatic carbocycles. The van der Waals surface area contributed by atoms with E-state index in [-0.39, 0.29) is 0 Å². The van der Waals surface area contributed by atoms with Gasteiger partial charge in [-0.25, -0.2) is 0 Å². The smallest absolute Gasteiger partial charge is 0.0469 e. The van der Waals surface area contributed by atoms with Crippen LogP contribution in [0.3, 0.4) is 0 Å². The fourth-order valence-corrected chi connectivity index (χ4v) is 1.76. The molecule has 0 aromatic heterocycles. The number of rotatable bonds is 4. The highest BCUT2D eigenvalue weighted by molar-refractivity contribution is 4.73. The molecular weight excluding hydrogens is 186 g/mol. The summed E-state index contributed by atoms with van der Waals surface area (Å²) in [7, 11) is 0. The van der Waals surface area contributed by atoms with E-state index >= 15 is 0 Å². The molecule has 0 aromatic rings. The molecule has 1 aliphatic rings. The zero-order valence-electron chi connectivity index (χ0n) is 10.8. The van der Waals surface area contributed by atoms with E-state index in [0.717, 1.165) is 31.6 Å². The van der Waals surface area contributed by atoms with E-state index in [9.17, 15) is 0 Å². The van der Waals surface area contributed by atoms with Crippen molar-refractivity contribution in [2.45, 2.75) is 40.5 Å². The lowest BCUT2D eigenvalue weighted by atomic mass is 9.82. The van der Waals surface area contributed by atoms with Crippen LogP contribution in [0.5, 0.6) is 0 Å². The van der Waals surface area contributed by atoms with E-state index in [1.165, 1.54) is 19.4 Å². The van der Waals surface area contributed by atoms with E-state index in [2.05, 4.69) is 33.0 Å². The van der Waals surface area contributed by atoms with Gasteiger partial charge in [0.15, 0.2) is 0 Å². The Morgan fingerprint density at radius 3 is 2.40 bits per heavy atom. The number of hydrogen-bond acceptors (Lipinski definition) is 2. The Morgan fingerprint density at radius 2 is 1.87 bits per heavy atom. The zero-order valence-corrected chi connectivity index (χ0v) is 10.8. The van der Waals surface area contributed by atoms with Crippen LogP contribution in [-0.4, -0.2) is 26.3 Å². The summed E-state index contributed by atoms with van der Waals surface area (Å²) >= 11 is 0. The van der Waals surface area contributed by atoms with Crippen LogP contribution in [-0.2, 0) is 4.74 Å². The number of hydrogen-bond donors (Lipinski definition) is 1. The fourth-order valence-electron chi connectivity index (χ4n) is 1.76. The van der Waals surface area contributed by atoms with Gasteiger partial charge in [0, 0.05) is 13.2 Å². The van der Waals surface area contributed by atoms with Crippen molar-refractivity contribution in [1.29, 1.82) is 0 Å². The third-order valence-electron chi connectivity index (χ3n) is 3.70. The Morgan fingerprint density at radius 1 is 1.27 bits per heavy atom. The largest absolute Gasteiger partial charge is 0.381 e. The van der Waals surface area contributed by atoms with Crippen molar-refractivity contribution < 1.29 is 4.74 Å². The monoisotopic (exact) mass is 213 g/mol. The van der Waals surface area contributed by atoms with Crippen molar-refractivity contribution in [1.82, 2.24) is 5.32 Å². The summed E-state index contributed by atoms with van der Waals surface area (Å²) in [5.74, 6) is 1.57. The van der Waals surface area contributed by atoms with Crippen LogP contribution < -0.4 is 5.32 Å². The molecule has 0 saturated carbocycles. The minimum atomic E-state index is 0.419. The number of ether oxygens (including phenoxy) is 1. The van der Waals surface area contributed by atoms with E-state index in [1.54, 1.807) is 0 Å². The second-order valence-corrected chi connectivity index (χ2v) is 5.98. The van der Waals surface area contributed by atoms with Crippen LogP contribution in [0.25, 0.3) is 0 Å². The predicted molar refractivity (Wildman–Crippen MR) is 65.0 cm³/mol. The molecule has 2 nitrogen and oxygen atoms in total. The quantitative estimate of drug-likeness (QED) is 0.775. The van der Waals surface area contributed by atoms with Gasteiger partial charge in [-0.3, -0.25) is 0 Å². The summed E-state index contributed by atoms with van der Waals surface area (Å²) in [6.45, 7) is 13.5. The Bertz CT molecular complexity index is 168. The Hall–Kier alpha value is -0.0800. The van der Waals surface area contributed by atoms with Gasteiger partial charge in [0.25, 0.3) is 0 Å². The molecule has 1 atom stereocenters. The molecule has 1 fully saturated rings. The zero-order chi connectivity index (χ0) is 11.3. The first kappa shape index (κ1) is 13.0. The molecule has 1 N–H and O–H groups in total. The highest BCUT2D eigenvalue weighted by atomic mass is 16.5. The van der Waals surface area contributed by atoms with Crippen molar-refractivity contribution in [3.8, 4) is 0 Å². The molecular formula is C13H27NO. The molecule has 1 rings (SSSR count). The fraction of sp³-hybridized carbons (Fsp3) is 1.00. The molecule has 90 valence electrons. The van der Waals surface area contributed by atoms with Crippen LogP contribution in [0.4, 0.5) is 0 Å². The summed E-state index contributed by atoms with van der Waals surface area (Å²) in [4.78, 5) is 0. The van der Waals surface area contributed by atoms with Crippen molar-refractivity contribution >= 4 is 0 Å². The van der Waals surface area contributed by atoms with Gasteiger partial charge in [-0.1, -0.05) is 27.7 Å². The van der Waals surface area contributed by atoms with Crippen LogP contribution in [0.15, 0.2) is 0 Å². The van der Waals surface area contributed by atoms with E-state index in [4.69, 9.17) is 4.74 Å². The van der Waals surface area contributed by atoms with E-state index in [1.807, 2.05) is 0 Å². The second kappa shape index (κ2) is 5.86. The summed E-state index contributed by atoms with van der Waals surface area (Å²) < 4.78 is 5.35. The van der Waals surface area contributed by atoms with Gasteiger partial charge in [-0.2, -0.15) is 0 Å². The average molecular weight is 213 g/mol. The van der Waals surface area contributed by atoms with Crippen LogP contribution in [0, 0.1) is 17.3 Å². The van der Waals surface area contributed by atoms with E-state index in [0.29, 0.717) is 5.41 Å². The van der Waals surface area contributed by atoms with Crippen LogP contribution in [0.1, 0.15) is 40.5 Å².